The number of halogens is 1. The Kier molecular flexibility index (Phi) is 3.78. The summed E-state index contributed by atoms with van der Waals surface area (Å²) in [6.07, 6.45) is 3.00. The third-order valence-corrected chi connectivity index (χ3v) is 9.34. The Labute approximate surface area is 157 Å². The molecule has 0 radical (unpaired) electrons. The van der Waals surface area contributed by atoms with Crippen LogP contribution in [0.15, 0.2) is 30.3 Å². The van der Waals surface area contributed by atoms with Gasteiger partial charge < -0.3 is 0 Å². The van der Waals surface area contributed by atoms with Gasteiger partial charge in [-0.1, -0.05) is 0 Å². The first kappa shape index (κ1) is 16.0. The van der Waals surface area contributed by atoms with Crippen LogP contribution in [0.1, 0.15) is 25.7 Å². The zero-order valence-electron chi connectivity index (χ0n) is 14.0. The number of hydrogen-bond donors (Lipinski definition) is 2. The van der Waals surface area contributed by atoms with Crippen molar-refractivity contribution < 1.29 is 40.9 Å². The Balaban J connectivity index is 1.48. The number of alkyl halides is 2. The number of aromatic hydroxyl groups is 1. The molecule has 2 heterocycles. The molecule has 0 aromatic heterocycles. The summed E-state index contributed by atoms with van der Waals surface area (Å²) in [6, 6.07) is 9.63. The first-order valence-corrected chi connectivity index (χ1v) is 12.0. The van der Waals surface area contributed by atoms with Crippen molar-refractivity contribution in [3.8, 4) is 17.2 Å². The van der Waals surface area contributed by atoms with Gasteiger partial charge in [0.2, 0.25) is 0 Å². The van der Waals surface area contributed by atoms with Crippen LogP contribution in [0.4, 0.5) is 0 Å². The summed E-state index contributed by atoms with van der Waals surface area (Å²) >= 11 is 0.346. The normalized spacial score (nSPS) is 32.2. The zero-order chi connectivity index (χ0) is 17.0. The first-order valence-electron chi connectivity index (χ1n) is 8.98. The Morgan fingerprint density at radius 1 is 1.00 bits per heavy atom. The molecule has 3 unspecified atom stereocenters. The molecule has 0 bridgehead atoms. The van der Waals surface area contributed by atoms with E-state index in [1.165, 1.54) is 8.86 Å². The molecule has 0 spiro atoms. The van der Waals surface area contributed by atoms with Crippen molar-refractivity contribution in [3.63, 3.8) is 0 Å². The molecule has 3 atom stereocenters. The predicted octanol–water partition coefficient (Wildman–Crippen LogP) is 0.0777. The van der Waals surface area contributed by atoms with E-state index < -0.39 is 5.60 Å². The topological polar surface area (TPSA) is 58.9 Å². The molecule has 4 nitrogen and oxygen atoms in total. The third-order valence-electron chi connectivity index (χ3n) is 5.96. The van der Waals surface area contributed by atoms with E-state index in [1.807, 2.05) is 24.3 Å². The van der Waals surface area contributed by atoms with Gasteiger partial charge in [-0.3, -0.25) is 0 Å². The number of fused-ring (bicyclic) bond motifs is 4. The molecular weight excluding hydrogens is 431 g/mol. The Morgan fingerprint density at radius 2 is 1.68 bits per heavy atom. The SMILES string of the molecule is Oc1cc2ccccc2c2c1OC1CCC(O)(C3C[I-]C3)CCC1O2. The van der Waals surface area contributed by atoms with Crippen molar-refractivity contribution in [2.24, 2.45) is 5.92 Å². The van der Waals surface area contributed by atoms with Gasteiger partial charge in [-0.05, 0) is 0 Å². The van der Waals surface area contributed by atoms with Gasteiger partial charge in [0.15, 0.2) is 0 Å². The van der Waals surface area contributed by atoms with E-state index in [0.717, 1.165) is 36.5 Å². The fraction of sp³-hybridized carbons (Fsp3) is 0.500. The number of phenolic OH excluding ortho intramolecular Hbond substituents is 1. The molecule has 5 heteroatoms. The number of benzene rings is 2. The van der Waals surface area contributed by atoms with Crippen molar-refractivity contribution in [1.82, 2.24) is 0 Å². The number of aliphatic hydroxyl groups is 1. The molecule has 2 aliphatic heterocycles. The minimum atomic E-state index is -0.543. The van der Waals surface area contributed by atoms with E-state index in [1.54, 1.807) is 6.07 Å². The summed E-state index contributed by atoms with van der Waals surface area (Å²) in [5.41, 5.74) is -0.543. The van der Waals surface area contributed by atoms with Gasteiger partial charge in [0, 0.05) is 0 Å². The van der Waals surface area contributed by atoms with Crippen LogP contribution in [0, 0.1) is 5.92 Å². The molecule has 1 saturated carbocycles. The van der Waals surface area contributed by atoms with Crippen LogP contribution in [-0.4, -0.2) is 36.9 Å². The van der Waals surface area contributed by atoms with E-state index >= 15 is 0 Å². The molecule has 2 aromatic rings. The van der Waals surface area contributed by atoms with Crippen LogP contribution >= 0.6 is 0 Å². The third kappa shape index (κ3) is 2.58. The second-order valence-electron chi connectivity index (χ2n) is 7.46. The molecule has 3 aliphatic rings. The fourth-order valence-electron chi connectivity index (χ4n) is 4.28. The Morgan fingerprint density at radius 3 is 2.36 bits per heavy atom. The molecule has 0 amide bonds. The maximum atomic E-state index is 11.1. The summed E-state index contributed by atoms with van der Waals surface area (Å²) in [6.45, 7) is 0. The van der Waals surface area contributed by atoms with E-state index in [4.69, 9.17) is 9.47 Å². The Bertz CT molecular complexity index is 819. The van der Waals surface area contributed by atoms with Crippen LogP contribution in [0.5, 0.6) is 17.2 Å². The van der Waals surface area contributed by atoms with Crippen LogP contribution < -0.4 is 30.7 Å². The fourth-order valence-corrected chi connectivity index (χ4v) is 7.16. The van der Waals surface area contributed by atoms with Gasteiger partial charge >= 0.3 is 158 Å². The van der Waals surface area contributed by atoms with Crippen molar-refractivity contribution in [2.75, 3.05) is 8.86 Å². The molecule has 2 N–H and O–H groups in total. The van der Waals surface area contributed by atoms with Crippen molar-refractivity contribution >= 4 is 10.8 Å². The number of phenols is 1. The molecule has 134 valence electrons. The van der Waals surface area contributed by atoms with Crippen molar-refractivity contribution in [1.29, 1.82) is 0 Å². The molecule has 1 aliphatic carbocycles. The number of ether oxygens (including phenoxy) is 2. The van der Waals surface area contributed by atoms with Crippen LogP contribution in [0.25, 0.3) is 10.8 Å². The van der Waals surface area contributed by atoms with Crippen LogP contribution in [0.2, 0.25) is 0 Å². The van der Waals surface area contributed by atoms with E-state index in [9.17, 15) is 10.2 Å². The quantitative estimate of drug-likeness (QED) is 0.475. The number of hydrogen-bond acceptors (Lipinski definition) is 4. The van der Waals surface area contributed by atoms with Crippen molar-refractivity contribution in [3.05, 3.63) is 30.3 Å². The maximum absolute atomic E-state index is 11.1. The minimum absolute atomic E-state index is 0.0542. The summed E-state index contributed by atoms with van der Waals surface area (Å²) in [5.74, 6) is 1.73. The van der Waals surface area contributed by atoms with Gasteiger partial charge in [-0.25, -0.2) is 0 Å². The van der Waals surface area contributed by atoms with Crippen LogP contribution in [0.3, 0.4) is 0 Å². The van der Waals surface area contributed by atoms with Gasteiger partial charge in [0.25, 0.3) is 0 Å². The van der Waals surface area contributed by atoms with Gasteiger partial charge in [0.05, 0.1) is 0 Å². The molecule has 5 rings (SSSR count). The van der Waals surface area contributed by atoms with Crippen molar-refractivity contribution in [2.45, 2.75) is 43.5 Å². The van der Waals surface area contributed by atoms with Gasteiger partial charge in [0.1, 0.15) is 0 Å². The summed E-state index contributed by atoms with van der Waals surface area (Å²) in [5, 5.41) is 23.4. The standard InChI is InChI=1S/C20H22IO4/c22-15-9-12-3-1-2-4-14(12)18-19(15)25-17-6-8-20(23,13-10-21-11-13)7-5-16(17)24-18/h1-4,9,13,16-17,22-23H,5-8,10-11H2/q-1. The molecule has 2 fully saturated rings. The van der Waals surface area contributed by atoms with E-state index in [0.29, 0.717) is 38.6 Å². The summed E-state index contributed by atoms with van der Waals surface area (Å²) < 4.78 is 15.0. The first-order chi connectivity index (χ1) is 12.1. The molecular formula is C20H22IO4-. The summed E-state index contributed by atoms with van der Waals surface area (Å²) in [7, 11) is 0. The average Bonchev–Trinajstić information content (AvgIpc) is 2.72. The predicted molar refractivity (Wildman–Crippen MR) is 91.1 cm³/mol. The van der Waals surface area contributed by atoms with Crippen LogP contribution in [-0.2, 0) is 0 Å². The zero-order valence-corrected chi connectivity index (χ0v) is 16.1. The molecule has 1 saturated heterocycles. The average molecular weight is 453 g/mol. The second-order valence-corrected chi connectivity index (χ2v) is 10.3. The summed E-state index contributed by atoms with van der Waals surface area (Å²) in [4.78, 5) is 0. The number of rotatable bonds is 1. The molecule has 2 aromatic carbocycles. The Hall–Kier alpha value is -1.21. The van der Waals surface area contributed by atoms with Gasteiger partial charge in [-0.15, -0.1) is 0 Å². The van der Waals surface area contributed by atoms with Gasteiger partial charge in [-0.2, -0.15) is 0 Å². The van der Waals surface area contributed by atoms with E-state index in [-0.39, 0.29) is 18.0 Å². The van der Waals surface area contributed by atoms with E-state index in [2.05, 4.69) is 0 Å². The monoisotopic (exact) mass is 453 g/mol. The second kappa shape index (κ2) is 5.91. The molecule has 25 heavy (non-hydrogen) atoms.